The molecular weight excluding hydrogens is 454 g/mol. The number of hydrogen-bond acceptors (Lipinski definition) is 8. The molecule has 5 rings (SSSR count). The van der Waals surface area contributed by atoms with Crippen LogP contribution in [0.2, 0.25) is 0 Å². The molecule has 2 fully saturated rings. The van der Waals surface area contributed by atoms with E-state index < -0.39 is 5.54 Å². The number of hydrogen-bond donors (Lipinski definition) is 3. The number of aliphatic hydroxyl groups excluding tert-OH is 1. The van der Waals surface area contributed by atoms with Gasteiger partial charge in [0.1, 0.15) is 16.3 Å². The van der Waals surface area contributed by atoms with Gasteiger partial charge in [0, 0.05) is 36.3 Å². The molecule has 11 heteroatoms. The average Bonchev–Trinajstić information content (AvgIpc) is 3.27. The molecule has 0 radical (unpaired) electrons. The number of nitrogens with one attached hydrogen (secondary N) is 2. The molecule has 34 heavy (non-hydrogen) atoms. The Kier molecular flexibility index (Phi) is 5.76. The van der Waals surface area contributed by atoms with Crippen LogP contribution in [0.3, 0.4) is 0 Å². The van der Waals surface area contributed by atoms with Crippen LogP contribution in [0, 0.1) is 5.92 Å². The zero-order valence-corrected chi connectivity index (χ0v) is 20.1. The zero-order valence-electron chi connectivity index (χ0n) is 19.3. The van der Waals surface area contributed by atoms with Crippen molar-refractivity contribution < 1.29 is 14.7 Å². The molecule has 1 aliphatic heterocycles. The molecule has 1 saturated carbocycles. The third kappa shape index (κ3) is 4.25. The number of anilines is 1. The van der Waals surface area contributed by atoms with Crippen molar-refractivity contribution in [2.45, 2.75) is 50.6 Å². The lowest BCUT2D eigenvalue weighted by atomic mass is 9.87. The van der Waals surface area contributed by atoms with Crippen molar-refractivity contribution in [3.63, 3.8) is 0 Å². The maximum absolute atomic E-state index is 13.5. The number of thiazole rings is 1. The Morgan fingerprint density at radius 1 is 1.32 bits per heavy atom. The zero-order chi connectivity index (χ0) is 23.9. The van der Waals surface area contributed by atoms with Crippen LogP contribution in [0.15, 0.2) is 23.8 Å². The van der Waals surface area contributed by atoms with Gasteiger partial charge in [-0.3, -0.25) is 9.59 Å². The molecule has 0 unspecified atom stereocenters. The number of carbonyl (C=O) groups is 2. The number of nitrogens with zero attached hydrogens (tertiary/aromatic N) is 5. The first-order valence-corrected chi connectivity index (χ1v) is 12.4. The van der Waals surface area contributed by atoms with Crippen LogP contribution in [-0.4, -0.2) is 72.7 Å². The van der Waals surface area contributed by atoms with Gasteiger partial charge in [-0.05, 0) is 45.4 Å². The van der Waals surface area contributed by atoms with Crippen molar-refractivity contribution in [2.24, 2.45) is 5.92 Å². The number of amides is 2. The van der Waals surface area contributed by atoms with Crippen LogP contribution in [0.1, 0.15) is 50.0 Å². The standard InChI is InChI=1S/C23H29N7O3S/c1-22(2,13-31)28-18-11-17(26-19(27-18)16-12-25-30-9-10-34-21(16)30)20(33)29-7-3-15(4-8-29)23(5-6-23)24-14-32/h9-12,14-15,31H,3-8,13H2,1-2H3,(H,24,32)(H,26,27,28). The topological polar surface area (TPSA) is 125 Å². The van der Waals surface area contributed by atoms with E-state index in [1.54, 1.807) is 16.8 Å². The van der Waals surface area contributed by atoms with E-state index in [0.717, 1.165) is 42.5 Å². The fourth-order valence-electron chi connectivity index (χ4n) is 4.73. The Labute approximate surface area is 201 Å². The highest BCUT2D eigenvalue weighted by molar-refractivity contribution is 7.16. The summed E-state index contributed by atoms with van der Waals surface area (Å²) in [6.07, 6.45) is 8.10. The molecule has 1 aliphatic carbocycles. The highest BCUT2D eigenvalue weighted by Gasteiger charge is 2.49. The predicted molar refractivity (Wildman–Crippen MR) is 129 cm³/mol. The quantitative estimate of drug-likeness (QED) is 0.419. The van der Waals surface area contributed by atoms with Gasteiger partial charge in [-0.1, -0.05) is 0 Å². The molecule has 1 saturated heterocycles. The highest BCUT2D eigenvalue weighted by Crippen LogP contribution is 2.46. The van der Waals surface area contributed by atoms with Gasteiger partial charge < -0.3 is 20.6 Å². The van der Waals surface area contributed by atoms with Crippen molar-refractivity contribution in [3.05, 3.63) is 29.5 Å². The van der Waals surface area contributed by atoms with Crippen molar-refractivity contribution in [1.29, 1.82) is 0 Å². The van der Waals surface area contributed by atoms with E-state index in [4.69, 9.17) is 0 Å². The molecular formula is C23H29N7O3S. The van der Waals surface area contributed by atoms with E-state index in [-0.39, 0.29) is 18.1 Å². The second-order valence-electron chi connectivity index (χ2n) is 9.82. The van der Waals surface area contributed by atoms with Gasteiger partial charge in [0.2, 0.25) is 6.41 Å². The smallest absolute Gasteiger partial charge is 0.272 e. The van der Waals surface area contributed by atoms with Crippen molar-refractivity contribution in [1.82, 2.24) is 29.8 Å². The SMILES string of the molecule is CC(C)(CO)Nc1cc(C(=O)N2CCC(C3(NC=O)CC3)CC2)nc(-c2cnn3ccsc23)n1. The fraction of sp³-hybridized carbons (Fsp3) is 0.522. The Balaban J connectivity index is 1.42. The summed E-state index contributed by atoms with van der Waals surface area (Å²) in [5.74, 6) is 1.14. The highest BCUT2D eigenvalue weighted by atomic mass is 32.1. The van der Waals surface area contributed by atoms with E-state index in [1.165, 1.54) is 11.3 Å². The maximum atomic E-state index is 13.5. The van der Waals surface area contributed by atoms with Gasteiger partial charge in [-0.2, -0.15) is 5.10 Å². The van der Waals surface area contributed by atoms with Gasteiger partial charge >= 0.3 is 0 Å². The van der Waals surface area contributed by atoms with E-state index in [9.17, 15) is 14.7 Å². The second kappa shape index (κ2) is 8.62. The third-order valence-corrected chi connectivity index (χ3v) is 7.77. The summed E-state index contributed by atoms with van der Waals surface area (Å²) in [4.78, 5) is 36.5. The Hall–Kier alpha value is -3.05. The maximum Gasteiger partial charge on any atom is 0.272 e. The van der Waals surface area contributed by atoms with Crippen LogP contribution in [0.25, 0.3) is 16.2 Å². The molecule has 2 aliphatic rings. The number of piperidine rings is 1. The number of fused-ring (bicyclic) bond motifs is 1. The van der Waals surface area contributed by atoms with Crippen LogP contribution >= 0.6 is 11.3 Å². The third-order valence-electron chi connectivity index (χ3n) is 6.88. The molecule has 3 aromatic heterocycles. The van der Waals surface area contributed by atoms with Gasteiger partial charge in [-0.25, -0.2) is 14.5 Å². The van der Waals surface area contributed by atoms with Crippen LogP contribution in [0.5, 0.6) is 0 Å². The first-order valence-electron chi connectivity index (χ1n) is 11.5. The minimum absolute atomic E-state index is 0.0690. The van der Waals surface area contributed by atoms with Gasteiger partial charge in [0.25, 0.3) is 5.91 Å². The van der Waals surface area contributed by atoms with Crippen molar-refractivity contribution in [2.75, 3.05) is 25.0 Å². The van der Waals surface area contributed by atoms with E-state index in [1.807, 2.05) is 30.3 Å². The monoisotopic (exact) mass is 483 g/mol. The van der Waals surface area contributed by atoms with E-state index in [0.29, 0.717) is 36.3 Å². The molecule has 0 bridgehead atoms. The first kappa shape index (κ1) is 22.7. The van der Waals surface area contributed by atoms with E-state index in [2.05, 4.69) is 25.7 Å². The van der Waals surface area contributed by atoms with Crippen LogP contribution < -0.4 is 10.6 Å². The molecule has 0 spiro atoms. The summed E-state index contributed by atoms with van der Waals surface area (Å²) in [7, 11) is 0. The Morgan fingerprint density at radius 2 is 2.09 bits per heavy atom. The summed E-state index contributed by atoms with van der Waals surface area (Å²) in [5, 5.41) is 22.2. The summed E-state index contributed by atoms with van der Waals surface area (Å²) in [6, 6.07) is 1.65. The van der Waals surface area contributed by atoms with Crippen LogP contribution in [0.4, 0.5) is 5.82 Å². The minimum Gasteiger partial charge on any atom is -0.394 e. The largest absolute Gasteiger partial charge is 0.394 e. The number of aliphatic hydroxyl groups is 1. The van der Waals surface area contributed by atoms with Gasteiger partial charge in [0.05, 0.1) is 23.9 Å². The number of rotatable bonds is 8. The molecule has 0 atom stereocenters. The second-order valence-corrected chi connectivity index (χ2v) is 10.7. The first-order chi connectivity index (χ1) is 16.3. The van der Waals surface area contributed by atoms with E-state index >= 15 is 0 Å². The molecule has 0 aromatic carbocycles. The molecule has 10 nitrogen and oxygen atoms in total. The summed E-state index contributed by atoms with van der Waals surface area (Å²) in [5.41, 5.74) is 0.373. The normalized spacial score (nSPS) is 18.1. The number of carbonyl (C=O) groups excluding carboxylic acids is 2. The minimum atomic E-state index is -0.619. The van der Waals surface area contributed by atoms with Crippen LogP contribution in [-0.2, 0) is 4.79 Å². The summed E-state index contributed by atoms with van der Waals surface area (Å²) < 4.78 is 1.76. The van der Waals surface area contributed by atoms with Crippen molar-refractivity contribution >= 4 is 34.3 Å². The summed E-state index contributed by atoms with van der Waals surface area (Å²) >= 11 is 1.53. The molecule has 3 N–H and O–H groups in total. The Bertz CT molecular complexity index is 1210. The number of aromatic nitrogens is 4. The molecule has 2 amide bonds. The predicted octanol–water partition coefficient (Wildman–Crippen LogP) is 2.17. The molecule has 180 valence electrons. The molecule has 4 heterocycles. The lowest BCUT2D eigenvalue weighted by Crippen LogP contribution is -2.46. The number of likely N-dealkylation sites (tertiary alicyclic amines) is 1. The lowest BCUT2D eigenvalue weighted by Gasteiger charge is -2.36. The summed E-state index contributed by atoms with van der Waals surface area (Å²) in [6.45, 7) is 4.87. The average molecular weight is 484 g/mol. The Morgan fingerprint density at radius 3 is 2.76 bits per heavy atom. The fourth-order valence-corrected chi connectivity index (χ4v) is 5.52. The molecule has 3 aromatic rings. The lowest BCUT2D eigenvalue weighted by molar-refractivity contribution is -0.110. The van der Waals surface area contributed by atoms with Gasteiger partial charge in [0.15, 0.2) is 5.82 Å². The van der Waals surface area contributed by atoms with Crippen molar-refractivity contribution in [3.8, 4) is 11.4 Å². The van der Waals surface area contributed by atoms with Gasteiger partial charge in [-0.15, -0.1) is 11.3 Å².